The van der Waals surface area contributed by atoms with Crippen molar-refractivity contribution >= 4 is 14.2 Å². The van der Waals surface area contributed by atoms with Crippen molar-refractivity contribution in [1.82, 2.24) is 0 Å². The number of carbonyl (C=O) groups excluding carboxylic acids is 1. The van der Waals surface area contributed by atoms with Crippen molar-refractivity contribution in [3.05, 3.63) is 12.2 Å². The first-order chi connectivity index (χ1) is 8.95. The van der Waals surface area contributed by atoms with Crippen molar-refractivity contribution < 1.29 is 9.22 Å². The Kier molecular flexibility index (Phi) is 7.25. The molecule has 0 saturated heterocycles. The number of hydrogen-bond acceptors (Lipinski definition) is 2. The summed E-state index contributed by atoms with van der Waals surface area (Å²) in [5.41, 5.74) is 5.90. The summed E-state index contributed by atoms with van der Waals surface area (Å²) in [6.45, 7) is 17.2. The standard InChI is InChI=1S/C16H29NO2Si/c1-13(10-8-9-11-15(17)18)12-14(2)19-20(6,7)16(3,4)5/h14H,1,9,11-12H2,2-7H3,(H2,17,18)/t14-/m1/s1. The van der Waals surface area contributed by atoms with Gasteiger partial charge in [0.15, 0.2) is 8.32 Å². The van der Waals surface area contributed by atoms with Crippen LogP contribution in [0.5, 0.6) is 0 Å². The average molecular weight is 295 g/mol. The third kappa shape index (κ3) is 7.52. The summed E-state index contributed by atoms with van der Waals surface area (Å²) < 4.78 is 6.25. The lowest BCUT2D eigenvalue weighted by atomic mass is 10.1. The normalized spacial score (nSPS) is 13.3. The first-order valence-electron chi connectivity index (χ1n) is 7.08. The Morgan fingerprint density at radius 3 is 2.40 bits per heavy atom. The second-order valence-corrected chi connectivity index (χ2v) is 11.5. The summed E-state index contributed by atoms with van der Waals surface area (Å²) in [5.74, 6) is 5.58. The summed E-state index contributed by atoms with van der Waals surface area (Å²) in [5, 5.41) is 0.204. The molecule has 20 heavy (non-hydrogen) atoms. The summed E-state index contributed by atoms with van der Waals surface area (Å²) in [6.07, 6.45) is 1.65. The van der Waals surface area contributed by atoms with Crippen LogP contribution < -0.4 is 5.73 Å². The Morgan fingerprint density at radius 1 is 1.40 bits per heavy atom. The molecule has 0 rings (SSSR count). The van der Waals surface area contributed by atoms with Crippen LogP contribution in [0.25, 0.3) is 0 Å². The van der Waals surface area contributed by atoms with Crippen LogP contribution >= 0.6 is 0 Å². The highest BCUT2D eigenvalue weighted by Crippen LogP contribution is 2.37. The van der Waals surface area contributed by atoms with E-state index >= 15 is 0 Å². The third-order valence-electron chi connectivity index (χ3n) is 3.60. The minimum atomic E-state index is -1.74. The average Bonchev–Trinajstić information content (AvgIpc) is 2.21. The molecule has 0 bridgehead atoms. The van der Waals surface area contributed by atoms with E-state index in [1.165, 1.54) is 0 Å². The molecule has 0 aromatic rings. The molecule has 1 amide bonds. The molecule has 0 aliphatic rings. The summed E-state index contributed by atoms with van der Waals surface area (Å²) >= 11 is 0. The molecule has 0 radical (unpaired) electrons. The molecule has 0 spiro atoms. The predicted molar refractivity (Wildman–Crippen MR) is 87.7 cm³/mol. The fourth-order valence-electron chi connectivity index (χ4n) is 1.49. The van der Waals surface area contributed by atoms with Gasteiger partial charge in [0.25, 0.3) is 0 Å². The molecule has 0 aromatic heterocycles. The maximum atomic E-state index is 10.6. The van der Waals surface area contributed by atoms with E-state index in [9.17, 15) is 4.79 Å². The van der Waals surface area contributed by atoms with E-state index in [0.717, 1.165) is 12.0 Å². The fraction of sp³-hybridized carbons (Fsp3) is 0.688. The quantitative estimate of drug-likeness (QED) is 0.601. The molecule has 0 aliphatic heterocycles. The maximum Gasteiger partial charge on any atom is 0.218 e. The van der Waals surface area contributed by atoms with E-state index in [2.05, 4.69) is 59.2 Å². The highest BCUT2D eigenvalue weighted by atomic mass is 28.4. The SMILES string of the molecule is C=C(C#CCCC(N)=O)C[C@@H](C)O[Si](C)(C)C(C)(C)C. The molecule has 0 unspecified atom stereocenters. The Labute approximate surface area is 125 Å². The molecule has 3 nitrogen and oxygen atoms in total. The van der Waals surface area contributed by atoms with Crippen LogP contribution in [0.2, 0.25) is 18.1 Å². The summed E-state index contributed by atoms with van der Waals surface area (Å²) in [4.78, 5) is 10.6. The van der Waals surface area contributed by atoms with Gasteiger partial charge in [-0.2, -0.15) is 0 Å². The fourth-order valence-corrected chi connectivity index (χ4v) is 2.94. The topological polar surface area (TPSA) is 52.3 Å². The van der Waals surface area contributed by atoms with Gasteiger partial charge in [-0.25, -0.2) is 0 Å². The van der Waals surface area contributed by atoms with Crippen molar-refractivity contribution in [3.8, 4) is 11.8 Å². The molecule has 0 saturated carbocycles. The lowest BCUT2D eigenvalue weighted by Gasteiger charge is -2.38. The summed E-state index contributed by atoms with van der Waals surface area (Å²) in [6, 6.07) is 0. The van der Waals surface area contributed by atoms with Crippen molar-refractivity contribution in [2.45, 2.75) is 71.2 Å². The highest BCUT2D eigenvalue weighted by molar-refractivity contribution is 6.74. The minimum Gasteiger partial charge on any atom is -0.414 e. The van der Waals surface area contributed by atoms with Crippen LogP contribution in [0.3, 0.4) is 0 Å². The Bertz CT molecular complexity index is 410. The first kappa shape index (κ1) is 18.9. The van der Waals surface area contributed by atoms with Crippen LogP contribution in [0.1, 0.15) is 47.0 Å². The number of nitrogens with two attached hydrogens (primary N) is 1. The predicted octanol–water partition coefficient (Wildman–Crippen LogP) is 3.61. The van der Waals surface area contributed by atoms with Gasteiger partial charge in [-0.1, -0.05) is 39.2 Å². The maximum absolute atomic E-state index is 10.6. The number of amides is 1. The molecule has 2 N–H and O–H groups in total. The highest BCUT2D eigenvalue weighted by Gasteiger charge is 2.38. The van der Waals surface area contributed by atoms with Crippen molar-refractivity contribution in [2.75, 3.05) is 0 Å². The molecular weight excluding hydrogens is 266 g/mol. The monoisotopic (exact) mass is 295 g/mol. The van der Waals surface area contributed by atoms with E-state index in [4.69, 9.17) is 10.2 Å². The molecule has 0 fully saturated rings. The van der Waals surface area contributed by atoms with Crippen LogP contribution in [0.4, 0.5) is 0 Å². The Morgan fingerprint density at radius 2 is 1.95 bits per heavy atom. The van der Waals surface area contributed by atoms with Crippen LogP contribution in [-0.2, 0) is 9.22 Å². The van der Waals surface area contributed by atoms with Gasteiger partial charge in [0.05, 0.1) is 0 Å². The molecule has 0 heterocycles. The number of primary amides is 1. The van der Waals surface area contributed by atoms with Gasteiger partial charge >= 0.3 is 0 Å². The molecule has 0 aliphatic carbocycles. The van der Waals surface area contributed by atoms with Crippen LogP contribution in [0.15, 0.2) is 12.2 Å². The molecule has 0 aromatic carbocycles. The van der Waals surface area contributed by atoms with Gasteiger partial charge in [-0.3, -0.25) is 4.79 Å². The second kappa shape index (κ2) is 7.66. The lowest BCUT2D eigenvalue weighted by molar-refractivity contribution is -0.117. The zero-order chi connectivity index (χ0) is 16.0. The van der Waals surface area contributed by atoms with E-state index in [1.54, 1.807) is 0 Å². The number of carbonyl (C=O) groups is 1. The van der Waals surface area contributed by atoms with E-state index in [-0.39, 0.29) is 17.0 Å². The zero-order valence-corrected chi connectivity index (χ0v) is 14.8. The summed E-state index contributed by atoms with van der Waals surface area (Å²) in [7, 11) is -1.74. The molecule has 114 valence electrons. The lowest BCUT2D eigenvalue weighted by Crippen LogP contribution is -2.43. The molecule has 4 heteroatoms. The van der Waals surface area contributed by atoms with Gasteiger partial charge in [-0.05, 0) is 30.6 Å². The Balaban J connectivity index is 4.31. The molecule has 1 atom stereocenters. The largest absolute Gasteiger partial charge is 0.414 e. The molecular formula is C16H29NO2Si. The van der Waals surface area contributed by atoms with Crippen molar-refractivity contribution in [3.63, 3.8) is 0 Å². The van der Waals surface area contributed by atoms with E-state index in [1.807, 2.05) is 0 Å². The zero-order valence-electron chi connectivity index (χ0n) is 13.8. The smallest absolute Gasteiger partial charge is 0.218 e. The van der Waals surface area contributed by atoms with E-state index < -0.39 is 8.32 Å². The van der Waals surface area contributed by atoms with Crippen LogP contribution in [0, 0.1) is 11.8 Å². The Hall–Kier alpha value is -1.05. The van der Waals surface area contributed by atoms with Gasteiger partial charge < -0.3 is 10.2 Å². The minimum absolute atomic E-state index is 0.119. The van der Waals surface area contributed by atoms with Crippen molar-refractivity contribution in [2.24, 2.45) is 5.73 Å². The van der Waals surface area contributed by atoms with Gasteiger partial charge in [0.2, 0.25) is 5.91 Å². The second-order valence-electron chi connectivity index (χ2n) is 6.76. The number of rotatable bonds is 6. The van der Waals surface area contributed by atoms with Gasteiger partial charge in [-0.15, -0.1) is 0 Å². The van der Waals surface area contributed by atoms with Gasteiger partial charge in [0, 0.05) is 25.4 Å². The first-order valence-corrected chi connectivity index (χ1v) is 9.99. The third-order valence-corrected chi connectivity index (χ3v) is 8.20. The number of hydrogen-bond donors (Lipinski definition) is 1. The van der Waals surface area contributed by atoms with Crippen LogP contribution in [-0.4, -0.2) is 20.3 Å². The van der Waals surface area contributed by atoms with E-state index in [0.29, 0.717) is 12.8 Å². The van der Waals surface area contributed by atoms with Gasteiger partial charge in [0.1, 0.15) is 0 Å². The van der Waals surface area contributed by atoms with Crippen molar-refractivity contribution in [1.29, 1.82) is 0 Å².